The van der Waals surface area contributed by atoms with E-state index in [1.807, 2.05) is 32.0 Å². The SMILES string of the molecule is COc1ccc2sc(CC(=O)Nc3nn[nH]n3)c(OC(C)C)c2c1. The molecule has 0 spiro atoms. The van der Waals surface area contributed by atoms with Gasteiger partial charge in [0.15, 0.2) is 0 Å². The van der Waals surface area contributed by atoms with Crippen LogP contribution in [-0.2, 0) is 11.2 Å². The van der Waals surface area contributed by atoms with E-state index in [1.54, 1.807) is 7.11 Å². The van der Waals surface area contributed by atoms with Crippen LogP contribution in [0.25, 0.3) is 10.1 Å². The molecule has 0 atom stereocenters. The minimum Gasteiger partial charge on any atom is -0.497 e. The maximum absolute atomic E-state index is 12.2. The van der Waals surface area contributed by atoms with Crippen molar-refractivity contribution in [1.82, 2.24) is 20.6 Å². The van der Waals surface area contributed by atoms with E-state index >= 15 is 0 Å². The van der Waals surface area contributed by atoms with E-state index in [9.17, 15) is 4.79 Å². The second-order valence-electron chi connectivity index (χ2n) is 5.34. The Kier molecular flexibility index (Phi) is 4.61. The highest BCUT2D eigenvalue weighted by molar-refractivity contribution is 7.19. The fourth-order valence-electron chi connectivity index (χ4n) is 2.24. The van der Waals surface area contributed by atoms with Crippen LogP contribution < -0.4 is 14.8 Å². The zero-order chi connectivity index (χ0) is 17.1. The molecular formula is C15H17N5O3S. The van der Waals surface area contributed by atoms with Gasteiger partial charge in [-0.3, -0.25) is 10.1 Å². The van der Waals surface area contributed by atoms with Gasteiger partial charge in [0.2, 0.25) is 5.91 Å². The summed E-state index contributed by atoms with van der Waals surface area (Å²) in [6, 6.07) is 5.78. The minimum absolute atomic E-state index is 0.00646. The van der Waals surface area contributed by atoms with Gasteiger partial charge in [-0.2, -0.15) is 5.21 Å². The molecule has 3 aromatic rings. The number of hydrogen-bond donors (Lipinski definition) is 2. The number of tetrazole rings is 1. The van der Waals surface area contributed by atoms with E-state index in [2.05, 4.69) is 25.9 Å². The average Bonchev–Trinajstić information content (AvgIpc) is 3.15. The Morgan fingerprint density at radius 3 is 2.92 bits per heavy atom. The van der Waals surface area contributed by atoms with Crippen LogP contribution >= 0.6 is 11.3 Å². The number of benzene rings is 1. The summed E-state index contributed by atoms with van der Waals surface area (Å²) >= 11 is 1.52. The Hall–Kier alpha value is -2.68. The summed E-state index contributed by atoms with van der Waals surface area (Å²) in [5.41, 5.74) is 0. The van der Waals surface area contributed by atoms with Gasteiger partial charge in [0.05, 0.1) is 24.5 Å². The van der Waals surface area contributed by atoms with Gasteiger partial charge < -0.3 is 9.47 Å². The van der Waals surface area contributed by atoms with E-state index < -0.39 is 0 Å². The maximum atomic E-state index is 12.2. The van der Waals surface area contributed by atoms with E-state index in [-0.39, 0.29) is 24.4 Å². The number of H-pyrrole nitrogens is 1. The number of rotatable bonds is 6. The Morgan fingerprint density at radius 1 is 1.42 bits per heavy atom. The van der Waals surface area contributed by atoms with Crippen LogP contribution in [0.1, 0.15) is 18.7 Å². The molecule has 0 fully saturated rings. The molecule has 8 nitrogen and oxygen atoms in total. The van der Waals surface area contributed by atoms with Gasteiger partial charge in [-0.25, -0.2) is 0 Å². The fourth-order valence-corrected chi connectivity index (χ4v) is 3.36. The molecule has 0 unspecified atom stereocenters. The number of aromatic nitrogens is 4. The second-order valence-corrected chi connectivity index (χ2v) is 6.48. The second kappa shape index (κ2) is 6.83. The predicted octanol–water partition coefficient (Wildman–Crippen LogP) is 2.39. The van der Waals surface area contributed by atoms with E-state index in [0.29, 0.717) is 5.75 Å². The van der Waals surface area contributed by atoms with Crippen LogP contribution in [-0.4, -0.2) is 39.7 Å². The molecule has 0 saturated heterocycles. The number of amides is 1. The lowest BCUT2D eigenvalue weighted by Gasteiger charge is -2.11. The summed E-state index contributed by atoms with van der Waals surface area (Å²) in [4.78, 5) is 13.1. The summed E-state index contributed by atoms with van der Waals surface area (Å²) in [6.45, 7) is 3.90. The van der Waals surface area contributed by atoms with Gasteiger partial charge >= 0.3 is 0 Å². The third kappa shape index (κ3) is 3.46. The van der Waals surface area contributed by atoms with Crippen molar-refractivity contribution < 1.29 is 14.3 Å². The van der Waals surface area contributed by atoms with Gasteiger partial charge in [-0.1, -0.05) is 5.10 Å². The van der Waals surface area contributed by atoms with Crippen molar-refractivity contribution in [3.05, 3.63) is 23.1 Å². The van der Waals surface area contributed by atoms with Crippen LogP contribution in [0.2, 0.25) is 0 Å². The zero-order valence-corrected chi connectivity index (χ0v) is 14.3. The van der Waals surface area contributed by atoms with Gasteiger partial charge in [0.1, 0.15) is 11.5 Å². The Balaban J connectivity index is 1.91. The standard InChI is InChI=1S/C15H17N5O3S/c1-8(2)23-14-10-6-9(22-3)4-5-11(10)24-12(14)7-13(21)16-15-17-19-20-18-15/h4-6,8H,7H2,1-3H3,(H2,16,17,18,19,20,21). The number of nitrogens with zero attached hydrogens (tertiary/aromatic N) is 3. The van der Waals surface area contributed by atoms with Crippen molar-refractivity contribution in [2.24, 2.45) is 0 Å². The molecule has 0 bridgehead atoms. The van der Waals surface area contributed by atoms with Crippen molar-refractivity contribution in [2.75, 3.05) is 12.4 Å². The van der Waals surface area contributed by atoms with Crippen molar-refractivity contribution in [1.29, 1.82) is 0 Å². The minimum atomic E-state index is -0.233. The Morgan fingerprint density at radius 2 is 2.25 bits per heavy atom. The summed E-state index contributed by atoms with van der Waals surface area (Å²) in [7, 11) is 1.62. The largest absolute Gasteiger partial charge is 0.497 e. The Labute approximate surface area is 142 Å². The topological polar surface area (TPSA) is 102 Å². The van der Waals surface area contributed by atoms with Gasteiger partial charge in [0, 0.05) is 10.1 Å². The molecule has 0 radical (unpaired) electrons. The third-order valence-corrected chi connectivity index (χ3v) is 4.34. The van der Waals surface area contributed by atoms with E-state index in [1.165, 1.54) is 11.3 Å². The van der Waals surface area contributed by atoms with Gasteiger partial charge in [0.25, 0.3) is 5.95 Å². The molecule has 126 valence electrons. The van der Waals surface area contributed by atoms with Crippen LogP contribution in [0.5, 0.6) is 11.5 Å². The lowest BCUT2D eigenvalue weighted by Crippen LogP contribution is -2.16. The first-order valence-corrected chi connectivity index (χ1v) is 8.18. The number of anilines is 1. The lowest BCUT2D eigenvalue weighted by atomic mass is 10.2. The fraction of sp³-hybridized carbons (Fsp3) is 0.333. The molecule has 9 heteroatoms. The molecule has 2 heterocycles. The highest BCUT2D eigenvalue weighted by atomic mass is 32.1. The molecule has 0 saturated carbocycles. The van der Waals surface area contributed by atoms with E-state index in [0.717, 1.165) is 20.7 Å². The van der Waals surface area contributed by atoms with Crippen molar-refractivity contribution in [2.45, 2.75) is 26.4 Å². The first-order chi connectivity index (χ1) is 11.6. The molecule has 3 rings (SSSR count). The highest BCUT2D eigenvalue weighted by Crippen LogP contribution is 2.40. The number of thiophene rings is 1. The molecule has 2 N–H and O–H groups in total. The number of fused-ring (bicyclic) bond motifs is 1. The zero-order valence-electron chi connectivity index (χ0n) is 13.5. The lowest BCUT2D eigenvalue weighted by molar-refractivity contribution is -0.115. The molecule has 2 aromatic heterocycles. The number of nitrogens with one attached hydrogen (secondary N) is 2. The number of methoxy groups -OCH3 is 1. The summed E-state index contributed by atoms with van der Waals surface area (Å²) < 4.78 is 12.3. The summed E-state index contributed by atoms with van der Waals surface area (Å²) in [5, 5.41) is 16.6. The van der Waals surface area contributed by atoms with Crippen LogP contribution in [0.15, 0.2) is 18.2 Å². The molecule has 1 aromatic carbocycles. The number of carbonyl (C=O) groups excluding carboxylic acids is 1. The number of aromatic amines is 1. The summed E-state index contributed by atoms with van der Waals surface area (Å²) in [5.74, 6) is 1.38. The molecule has 0 aliphatic rings. The number of carbonyl (C=O) groups is 1. The first-order valence-electron chi connectivity index (χ1n) is 7.36. The van der Waals surface area contributed by atoms with Crippen LogP contribution in [0.4, 0.5) is 5.95 Å². The number of hydrogen-bond acceptors (Lipinski definition) is 7. The monoisotopic (exact) mass is 347 g/mol. The smallest absolute Gasteiger partial charge is 0.269 e. The molecular weight excluding hydrogens is 330 g/mol. The third-order valence-electron chi connectivity index (χ3n) is 3.19. The predicted molar refractivity (Wildman–Crippen MR) is 90.7 cm³/mol. The maximum Gasteiger partial charge on any atom is 0.269 e. The van der Waals surface area contributed by atoms with Crippen molar-refractivity contribution in [3.8, 4) is 11.5 Å². The van der Waals surface area contributed by atoms with Crippen LogP contribution in [0, 0.1) is 0 Å². The van der Waals surface area contributed by atoms with Crippen LogP contribution in [0.3, 0.4) is 0 Å². The van der Waals surface area contributed by atoms with Crippen molar-refractivity contribution in [3.63, 3.8) is 0 Å². The quantitative estimate of drug-likeness (QED) is 0.710. The molecule has 24 heavy (non-hydrogen) atoms. The van der Waals surface area contributed by atoms with Crippen molar-refractivity contribution >= 4 is 33.3 Å². The highest BCUT2D eigenvalue weighted by Gasteiger charge is 2.19. The van der Waals surface area contributed by atoms with E-state index in [4.69, 9.17) is 9.47 Å². The molecule has 1 amide bonds. The normalized spacial score (nSPS) is 11.0. The summed E-state index contributed by atoms with van der Waals surface area (Å²) in [6.07, 6.45) is 0.158. The van der Waals surface area contributed by atoms with Gasteiger partial charge in [-0.05, 0) is 37.3 Å². The average molecular weight is 347 g/mol. The first kappa shape index (κ1) is 16.2. The molecule has 0 aliphatic carbocycles. The number of ether oxygens (including phenoxy) is 2. The van der Waals surface area contributed by atoms with Gasteiger partial charge in [-0.15, -0.1) is 16.4 Å². The Bertz CT molecular complexity index is 844. The molecule has 0 aliphatic heterocycles.